The number of carbonyl (C=O) groups is 1. The van der Waals surface area contributed by atoms with Crippen molar-refractivity contribution in [3.63, 3.8) is 0 Å². The lowest BCUT2D eigenvalue weighted by Gasteiger charge is -2.30. The Labute approximate surface area is 86.0 Å². The summed E-state index contributed by atoms with van der Waals surface area (Å²) in [6.07, 6.45) is -3.29. The second kappa shape index (κ2) is 4.00. The zero-order valence-corrected chi connectivity index (χ0v) is 8.65. The van der Waals surface area contributed by atoms with Crippen molar-refractivity contribution in [3.8, 4) is 0 Å². The van der Waals surface area contributed by atoms with Crippen molar-refractivity contribution in [2.24, 2.45) is 0 Å². The predicted octanol–water partition coefficient (Wildman–Crippen LogP) is 1.62. The van der Waals surface area contributed by atoms with Crippen LogP contribution in [0.25, 0.3) is 0 Å². The first-order valence-corrected chi connectivity index (χ1v) is 4.83. The molecule has 0 aromatic heterocycles. The molecule has 1 aliphatic rings. The van der Waals surface area contributed by atoms with E-state index in [0.29, 0.717) is 12.8 Å². The molecule has 0 spiro atoms. The Balaban J connectivity index is 2.78. The quantitative estimate of drug-likeness (QED) is 0.739. The summed E-state index contributed by atoms with van der Waals surface area (Å²) >= 11 is 0. The van der Waals surface area contributed by atoms with Gasteiger partial charge in [-0.3, -0.25) is 5.32 Å². The number of alkyl halides is 3. The zero-order chi connectivity index (χ0) is 11.7. The van der Waals surface area contributed by atoms with Gasteiger partial charge in [0.05, 0.1) is 6.61 Å². The third-order valence-corrected chi connectivity index (χ3v) is 2.32. The highest BCUT2D eigenvalue weighted by Crippen LogP contribution is 2.34. The second-order valence-electron chi connectivity index (χ2n) is 3.76. The molecule has 3 nitrogen and oxygen atoms in total. The Morgan fingerprint density at radius 1 is 1.47 bits per heavy atom. The van der Waals surface area contributed by atoms with Gasteiger partial charge in [0.2, 0.25) is 5.54 Å². The molecule has 0 saturated heterocycles. The van der Waals surface area contributed by atoms with Gasteiger partial charge >= 0.3 is 12.1 Å². The van der Waals surface area contributed by atoms with Gasteiger partial charge in [-0.05, 0) is 26.7 Å². The lowest BCUT2D eigenvalue weighted by atomic mass is 10.0. The van der Waals surface area contributed by atoms with Crippen LogP contribution in [-0.4, -0.2) is 30.3 Å². The molecule has 88 valence electrons. The molecule has 0 heterocycles. The van der Waals surface area contributed by atoms with E-state index in [2.05, 4.69) is 10.1 Å². The first kappa shape index (κ1) is 12.3. The number of esters is 1. The molecular weight excluding hydrogens is 211 g/mol. The summed E-state index contributed by atoms with van der Waals surface area (Å²) in [6, 6.07) is -0.221. The summed E-state index contributed by atoms with van der Waals surface area (Å²) in [7, 11) is 0. The van der Waals surface area contributed by atoms with Gasteiger partial charge in [-0.2, -0.15) is 13.2 Å². The molecule has 15 heavy (non-hydrogen) atoms. The minimum absolute atomic E-state index is 0.0587. The van der Waals surface area contributed by atoms with Crippen LogP contribution in [0.2, 0.25) is 0 Å². The number of hydrogen-bond acceptors (Lipinski definition) is 3. The summed E-state index contributed by atoms with van der Waals surface area (Å²) in [5.74, 6) is -1.26. The van der Waals surface area contributed by atoms with Gasteiger partial charge in [0, 0.05) is 6.04 Å². The van der Waals surface area contributed by atoms with E-state index in [1.807, 2.05) is 0 Å². The van der Waals surface area contributed by atoms with E-state index >= 15 is 0 Å². The SMILES string of the molecule is CCOC(=O)C(C)(NC1CC1)C(F)(F)F. The van der Waals surface area contributed by atoms with Gasteiger partial charge in [-0.15, -0.1) is 0 Å². The fraction of sp³-hybridized carbons (Fsp3) is 0.889. The number of rotatable bonds is 4. The van der Waals surface area contributed by atoms with E-state index < -0.39 is 17.7 Å². The van der Waals surface area contributed by atoms with E-state index in [9.17, 15) is 18.0 Å². The summed E-state index contributed by atoms with van der Waals surface area (Å²) in [5, 5.41) is 2.29. The van der Waals surface area contributed by atoms with Crippen LogP contribution < -0.4 is 5.32 Å². The van der Waals surface area contributed by atoms with Crippen LogP contribution in [0.5, 0.6) is 0 Å². The lowest BCUT2D eigenvalue weighted by molar-refractivity contribution is -0.209. The Morgan fingerprint density at radius 3 is 2.33 bits per heavy atom. The van der Waals surface area contributed by atoms with E-state index in [4.69, 9.17) is 0 Å². The monoisotopic (exact) mass is 225 g/mol. The second-order valence-corrected chi connectivity index (χ2v) is 3.76. The van der Waals surface area contributed by atoms with E-state index in [1.54, 1.807) is 0 Å². The van der Waals surface area contributed by atoms with E-state index in [-0.39, 0.29) is 12.6 Å². The Kier molecular flexibility index (Phi) is 3.28. The van der Waals surface area contributed by atoms with Crippen LogP contribution in [0.1, 0.15) is 26.7 Å². The molecule has 0 aliphatic heterocycles. The summed E-state index contributed by atoms with van der Waals surface area (Å²) in [6.45, 7) is 2.24. The van der Waals surface area contributed by atoms with Gasteiger partial charge in [-0.25, -0.2) is 4.79 Å². The Bertz CT molecular complexity index is 250. The first-order valence-electron chi connectivity index (χ1n) is 4.83. The van der Waals surface area contributed by atoms with Gasteiger partial charge in [-0.1, -0.05) is 0 Å². The fourth-order valence-corrected chi connectivity index (χ4v) is 1.17. The Hall–Kier alpha value is -0.780. The molecule has 0 radical (unpaired) electrons. The van der Waals surface area contributed by atoms with Crippen molar-refractivity contribution >= 4 is 5.97 Å². The van der Waals surface area contributed by atoms with Crippen molar-refractivity contribution in [1.29, 1.82) is 0 Å². The molecule has 1 atom stereocenters. The Morgan fingerprint density at radius 2 is 2.00 bits per heavy atom. The molecular formula is C9H14F3NO2. The third-order valence-electron chi connectivity index (χ3n) is 2.32. The summed E-state index contributed by atoms with van der Waals surface area (Å²) in [5.41, 5.74) is -2.58. The topological polar surface area (TPSA) is 38.3 Å². The van der Waals surface area contributed by atoms with Crippen LogP contribution >= 0.6 is 0 Å². The van der Waals surface area contributed by atoms with Gasteiger partial charge in [0.15, 0.2) is 0 Å². The van der Waals surface area contributed by atoms with Crippen LogP contribution in [0.15, 0.2) is 0 Å². The van der Waals surface area contributed by atoms with Gasteiger partial charge < -0.3 is 4.74 Å². The molecule has 1 N–H and O–H groups in total. The van der Waals surface area contributed by atoms with Crippen molar-refractivity contribution < 1.29 is 22.7 Å². The van der Waals surface area contributed by atoms with Crippen molar-refractivity contribution in [1.82, 2.24) is 5.32 Å². The number of hydrogen-bond donors (Lipinski definition) is 1. The highest BCUT2D eigenvalue weighted by Gasteiger charge is 2.59. The van der Waals surface area contributed by atoms with E-state index in [0.717, 1.165) is 6.92 Å². The molecule has 0 aromatic carbocycles. The highest BCUT2D eigenvalue weighted by molar-refractivity contribution is 5.81. The largest absolute Gasteiger partial charge is 0.464 e. The maximum Gasteiger partial charge on any atom is 0.417 e. The lowest BCUT2D eigenvalue weighted by Crippen LogP contribution is -2.61. The minimum Gasteiger partial charge on any atom is -0.464 e. The van der Waals surface area contributed by atoms with Crippen molar-refractivity contribution in [3.05, 3.63) is 0 Å². The highest BCUT2D eigenvalue weighted by atomic mass is 19.4. The van der Waals surface area contributed by atoms with Crippen LogP contribution in [-0.2, 0) is 9.53 Å². The normalized spacial score (nSPS) is 20.9. The maximum absolute atomic E-state index is 12.7. The number of carbonyl (C=O) groups excluding carboxylic acids is 1. The smallest absolute Gasteiger partial charge is 0.417 e. The number of nitrogens with one attached hydrogen (secondary N) is 1. The number of halogens is 3. The molecule has 1 aliphatic carbocycles. The van der Waals surface area contributed by atoms with Crippen molar-refractivity contribution in [2.75, 3.05) is 6.61 Å². The molecule has 1 rings (SSSR count). The fourth-order valence-electron chi connectivity index (χ4n) is 1.17. The standard InChI is InChI=1S/C9H14F3NO2/c1-3-15-7(14)8(2,9(10,11)12)13-6-4-5-6/h6,13H,3-5H2,1-2H3. The maximum atomic E-state index is 12.7. The average Bonchev–Trinajstić information content (AvgIpc) is 2.86. The molecule has 0 amide bonds. The minimum atomic E-state index is -4.64. The molecule has 0 bridgehead atoms. The third kappa shape index (κ3) is 2.62. The zero-order valence-electron chi connectivity index (χ0n) is 8.65. The van der Waals surface area contributed by atoms with Gasteiger partial charge in [0.1, 0.15) is 0 Å². The average molecular weight is 225 g/mol. The molecule has 1 unspecified atom stereocenters. The number of ether oxygens (including phenoxy) is 1. The van der Waals surface area contributed by atoms with Crippen molar-refractivity contribution in [2.45, 2.75) is 44.4 Å². The molecule has 1 saturated carbocycles. The van der Waals surface area contributed by atoms with Gasteiger partial charge in [0.25, 0.3) is 0 Å². The van der Waals surface area contributed by atoms with Crippen LogP contribution in [0.3, 0.4) is 0 Å². The first-order chi connectivity index (χ1) is 6.81. The van der Waals surface area contributed by atoms with Crippen LogP contribution in [0, 0.1) is 0 Å². The molecule has 1 fully saturated rings. The molecule has 0 aromatic rings. The van der Waals surface area contributed by atoms with E-state index in [1.165, 1.54) is 6.92 Å². The summed E-state index contributed by atoms with van der Waals surface area (Å²) < 4.78 is 42.5. The summed E-state index contributed by atoms with van der Waals surface area (Å²) in [4.78, 5) is 11.3. The van der Waals surface area contributed by atoms with Crippen LogP contribution in [0.4, 0.5) is 13.2 Å². The predicted molar refractivity (Wildman–Crippen MR) is 47.3 cm³/mol. The molecule has 6 heteroatoms.